The predicted octanol–water partition coefficient (Wildman–Crippen LogP) is 3.63. The molecule has 0 aliphatic heterocycles. The molecule has 0 bridgehead atoms. The highest BCUT2D eigenvalue weighted by Crippen LogP contribution is 2.25. The van der Waals surface area contributed by atoms with Gasteiger partial charge >= 0.3 is 0 Å². The summed E-state index contributed by atoms with van der Waals surface area (Å²) in [6.45, 7) is 6.24. The summed E-state index contributed by atoms with van der Waals surface area (Å²) >= 11 is 1.41. The van der Waals surface area contributed by atoms with E-state index in [0.29, 0.717) is 11.0 Å². The second kappa shape index (κ2) is 7.89. The van der Waals surface area contributed by atoms with E-state index in [1.165, 1.54) is 11.3 Å². The minimum atomic E-state index is -0.224. The van der Waals surface area contributed by atoms with Crippen LogP contribution < -0.4 is 10.1 Å². The van der Waals surface area contributed by atoms with Gasteiger partial charge in [0.25, 0.3) is 5.91 Å². The van der Waals surface area contributed by atoms with Crippen molar-refractivity contribution in [3.63, 3.8) is 0 Å². The van der Waals surface area contributed by atoms with Crippen molar-refractivity contribution >= 4 is 22.4 Å². The van der Waals surface area contributed by atoms with Crippen molar-refractivity contribution in [2.24, 2.45) is 0 Å². The standard InChI is InChI=1S/C16H21N3O2S/c1-4-7-15-18-19-16(22-15)17-14(20)10-21-13-9-6-5-8-12(13)11(2)3/h5-6,8-9,11H,4,7,10H2,1-3H3,(H,17,19,20). The number of hydrogen-bond donors (Lipinski definition) is 1. The molecule has 0 aliphatic rings. The van der Waals surface area contributed by atoms with Gasteiger partial charge in [-0.25, -0.2) is 0 Å². The lowest BCUT2D eigenvalue weighted by molar-refractivity contribution is -0.118. The summed E-state index contributed by atoms with van der Waals surface area (Å²) in [5.74, 6) is 0.869. The van der Waals surface area contributed by atoms with E-state index in [1.807, 2.05) is 24.3 Å². The quantitative estimate of drug-likeness (QED) is 0.846. The number of aryl methyl sites for hydroxylation is 1. The van der Waals surface area contributed by atoms with Crippen molar-refractivity contribution in [3.05, 3.63) is 34.8 Å². The van der Waals surface area contributed by atoms with Crippen LogP contribution in [0.2, 0.25) is 0 Å². The molecule has 1 aromatic heterocycles. The van der Waals surface area contributed by atoms with E-state index in [4.69, 9.17) is 4.74 Å². The normalized spacial score (nSPS) is 10.7. The molecule has 0 fully saturated rings. The Morgan fingerprint density at radius 2 is 2.09 bits per heavy atom. The van der Waals surface area contributed by atoms with Crippen LogP contribution in [-0.4, -0.2) is 22.7 Å². The molecule has 118 valence electrons. The zero-order chi connectivity index (χ0) is 15.9. The molecular formula is C16H21N3O2S. The molecule has 1 aromatic carbocycles. The maximum absolute atomic E-state index is 11.9. The number of hydrogen-bond acceptors (Lipinski definition) is 5. The second-order valence-electron chi connectivity index (χ2n) is 5.28. The van der Waals surface area contributed by atoms with Crippen LogP contribution in [0.1, 0.15) is 43.7 Å². The lowest BCUT2D eigenvalue weighted by atomic mass is 10.0. The first-order valence-corrected chi connectivity index (χ1v) is 8.25. The molecule has 0 saturated carbocycles. The molecule has 0 radical (unpaired) electrons. The Kier molecular flexibility index (Phi) is 5.89. The fourth-order valence-corrected chi connectivity index (χ4v) is 2.86. The molecular weight excluding hydrogens is 298 g/mol. The molecule has 0 saturated heterocycles. The van der Waals surface area contributed by atoms with Crippen LogP contribution in [0.4, 0.5) is 5.13 Å². The number of amides is 1. The van der Waals surface area contributed by atoms with Crippen molar-refractivity contribution in [3.8, 4) is 5.75 Å². The number of aromatic nitrogens is 2. The molecule has 2 aromatic rings. The highest BCUT2D eigenvalue weighted by Gasteiger charge is 2.11. The summed E-state index contributed by atoms with van der Waals surface area (Å²) < 4.78 is 5.63. The van der Waals surface area contributed by atoms with Gasteiger partial charge in [0, 0.05) is 6.42 Å². The summed E-state index contributed by atoms with van der Waals surface area (Å²) in [4.78, 5) is 11.9. The summed E-state index contributed by atoms with van der Waals surface area (Å²) in [7, 11) is 0. The van der Waals surface area contributed by atoms with Gasteiger partial charge in [0.15, 0.2) is 6.61 Å². The Bertz CT molecular complexity index is 625. The van der Waals surface area contributed by atoms with Gasteiger partial charge in [0.05, 0.1) is 0 Å². The molecule has 1 heterocycles. The molecule has 2 rings (SSSR count). The van der Waals surface area contributed by atoms with Crippen molar-refractivity contribution in [2.75, 3.05) is 11.9 Å². The number of benzene rings is 1. The first-order chi connectivity index (χ1) is 10.6. The van der Waals surface area contributed by atoms with Crippen LogP contribution in [0.25, 0.3) is 0 Å². The number of para-hydroxylation sites is 1. The Labute approximate surface area is 134 Å². The van der Waals surface area contributed by atoms with Crippen molar-refractivity contribution in [2.45, 2.75) is 39.5 Å². The highest BCUT2D eigenvalue weighted by atomic mass is 32.1. The molecule has 5 nitrogen and oxygen atoms in total. The Morgan fingerprint density at radius 3 is 2.82 bits per heavy atom. The molecule has 0 atom stereocenters. The summed E-state index contributed by atoms with van der Waals surface area (Å²) in [6.07, 6.45) is 1.89. The zero-order valence-corrected chi connectivity index (χ0v) is 13.9. The third-order valence-electron chi connectivity index (χ3n) is 3.08. The fraction of sp³-hybridized carbons (Fsp3) is 0.438. The largest absolute Gasteiger partial charge is 0.483 e. The van der Waals surface area contributed by atoms with Gasteiger partial charge in [0.2, 0.25) is 5.13 Å². The predicted molar refractivity (Wildman–Crippen MR) is 88.6 cm³/mol. The zero-order valence-electron chi connectivity index (χ0n) is 13.1. The third kappa shape index (κ3) is 4.53. The van der Waals surface area contributed by atoms with E-state index in [-0.39, 0.29) is 12.5 Å². The summed E-state index contributed by atoms with van der Waals surface area (Å²) in [5, 5.41) is 12.2. The van der Waals surface area contributed by atoms with Gasteiger partial charge in [-0.05, 0) is 24.0 Å². The average Bonchev–Trinajstić information content (AvgIpc) is 2.93. The first kappa shape index (κ1) is 16.4. The van der Waals surface area contributed by atoms with E-state index >= 15 is 0 Å². The van der Waals surface area contributed by atoms with Gasteiger partial charge in [-0.2, -0.15) is 0 Å². The van der Waals surface area contributed by atoms with Crippen LogP contribution in [-0.2, 0) is 11.2 Å². The van der Waals surface area contributed by atoms with E-state index in [1.54, 1.807) is 0 Å². The molecule has 1 N–H and O–H groups in total. The van der Waals surface area contributed by atoms with E-state index in [0.717, 1.165) is 29.2 Å². The maximum Gasteiger partial charge on any atom is 0.264 e. The minimum absolute atomic E-state index is 0.0353. The van der Waals surface area contributed by atoms with Gasteiger partial charge in [-0.3, -0.25) is 10.1 Å². The summed E-state index contributed by atoms with van der Waals surface area (Å²) in [6, 6.07) is 7.77. The Hall–Kier alpha value is -1.95. The monoisotopic (exact) mass is 319 g/mol. The Morgan fingerprint density at radius 1 is 1.32 bits per heavy atom. The number of carbonyl (C=O) groups is 1. The second-order valence-corrected chi connectivity index (χ2v) is 6.34. The lowest BCUT2D eigenvalue weighted by Crippen LogP contribution is -2.20. The number of ether oxygens (including phenoxy) is 1. The molecule has 6 heteroatoms. The average molecular weight is 319 g/mol. The summed E-state index contributed by atoms with van der Waals surface area (Å²) in [5.41, 5.74) is 1.09. The first-order valence-electron chi connectivity index (χ1n) is 7.44. The minimum Gasteiger partial charge on any atom is -0.483 e. The van der Waals surface area contributed by atoms with E-state index in [9.17, 15) is 4.79 Å². The van der Waals surface area contributed by atoms with Crippen molar-refractivity contribution < 1.29 is 9.53 Å². The van der Waals surface area contributed by atoms with Crippen LogP contribution >= 0.6 is 11.3 Å². The van der Waals surface area contributed by atoms with Crippen LogP contribution in [0.3, 0.4) is 0 Å². The Balaban J connectivity index is 1.90. The lowest BCUT2D eigenvalue weighted by Gasteiger charge is -2.13. The number of rotatable bonds is 7. The molecule has 0 spiro atoms. The van der Waals surface area contributed by atoms with Crippen LogP contribution in [0, 0.1) is 0 Å². The fourth-order valence-electron chi connectivity index (χ4n) is 2.01. The topological polar surface area (TPSA) is 64.1 Å². The van der Waals surface area contributed by atoms with Gasteiger partial charge in [-0.1, -0.05) is 50.3 Å². The smallest absolute Gasteiger partial charge is 0.264 e. The van der Waals surface area contributed by atoms with Crippen LogP contribution in [0.5, 0.6) is 5.75 Å². The maximum atomic E-state index is 11.9. The third-order valence-corrected chi connectivity index (χ3v) is 3.98. The number of nitrogens with zero attached hydrogens (tertiary/aromatic N) is 2. The molecule has 22 heavy (non-hydrogen) atoms. The van der Waals surface area contributed by atoms with E-state index < -0.39 is 0 Å². The van der Waals surface area contributed by atoms with Crippen LogP contribution in [0.15, 0.2) is 24.3 Å². The number of nitrogens with one attached hydrogen (secondary N) is 1. The molecule has 0 unspecified atom stereocenters. The van der Waals surface area contributed by atoms with Gasteiger partial charge in [0.1, 0.15) is 10.8 Å². The van der Waals surface area contributed by atoms with E-state index in [2.05, 4.69) is 36.3 Å². The molecule has 0 aliphatic carbocycles. The number of carbonyl (C=O) groups excluding carboxylic acids is 1. The van der Waals surface area contributed by atoms with Gasteiger partial charge < -0.3 is 4.74 Å². The highest BCUT2D eigenvalue weighted by molar-refractivity contribution is 7.15. The van der Waals surface area contributed by atoms with Crippen molar-refractivity contribution in [1.82, 2.24) is 10.2 Å². The van der Waals surface area contributed by atoms with Gasteiger partial charge in [-0.15, -0.1) is 10.2 Å². The number of anilines is 1. The van der Waals surface area contributed by atoms with Crippen molar-refractivity contribution in [1.29, 1.82) is 0 Å². The SMILES string of the molecule is CCCc1nnc(NC(=O)COc2ccccc2C(C)C)s1. The molecule has 1 amide bonds.